The molecule has 2 amide bonds. The van der Waals surface area contributed by atoms with Crippen LogP contribution >= 0.6 is 34.5 Å². The van der Waals surface area contributed by atoms with Crippen LogP contribution in [0.2, 0.25) is 10.0 Å². The Morgan fingerprint density at radius 2 is 1.97 bits per heavy atom. The number of aromatic amines is 1. The standard InChI is InChI=1S/C23H31Cl2N5O6S/c1-6-36-22(33)19-18(21(32)26-11(2)10-34-4)29-23(37-19)30-8-7-13(14(9-30)35-5)28-20(31)17-16(25)15(24)12(3)27-17/h11,13-14,27H,6-10H2,1-5H3,(H,26,32)(H,28,31)/t11-,13+,14-/m0/s1. The molecule has 1 saturated heterocycles. The summed E-state index contributed by atoms with van der Waals surface area (Å²) in [6, 6.07) is -0.587. The molecule has 0 bridgehead atoms. The highest BCUT2D eigenvalue weighted by Crippen LogP contribution is 2.31. The average molecular weight is 577 g/mol. The fourth-order valence-corrected chi connectivity index (χ4v) is 5.39. The fraction of sp³-hybridized carbons (Fsp3) is 0.565. The summed E-state index contributed by atoms with van der Waals surface area (Å²) in [5, 5.41) is 6.70. The molecule has 14 heteroatoms. The Kier molecular flexibility index (Phi) is 10.2. The van der Waals surface area contributed by atoms with Crippen LogP contribution in [0.4, 0.5) is 5.13 Å². The Morgan fingerprint density at radius 3 is 2.57 bits per heavy atom. The molecule has 1 aliphatic rings. The van der Waals surface area contributed by atoms with E-state index in [1.807, 2.05) is 4.90 Å². The maximum atomic E-state index is 12.9. The highest BCUT2D eigenvalue weighted by Gasteiger charge is 2.35. The van der Waals surface area contributed by atoms with Gasteiger partial charge in [-0.05, 0) is 27.2 Å². The van der Waals surface area contributed by atoms with Crippen molar-refractivity contribution < 1.29 is 28.6 Å². The van der Waals surface area contributed by atoms with Gasteiger partial charge in [0.05, 0.1) is 35.4 Å². The Hall–Kier alpha value is -2.38. The van der Waals surface area contributed by atoms with Gasteiger partial charge in [-0.1, -0.05) is 34.5 Å². The summed E-state index contributed by atoms with van der Waals surface area (Å²) in [5.41, 5.74) is 0.797. The first-order valence-corrected chi connectivity index (χ1v) is 13.3. The molecule has 0 spiro atoms. The summed E-state index contributed by atoms with van der Waals surface area (Å²) in [7, 11) is 3.09. The predicted molar refractivity (Wildman–Crippen MR) is 141 cm³/mol. The first-order chi connectivity index (χ1) is 17.6. The zero-order valence-electron chi connectivity index (χ0n) is 21.3. The number of nitrogens with one attached hydrogen (secondary N) is 3. The second-order valence-electron chi connectivity index (χ2n) is 8.57. The quantitative estimate of drug-likeness (QED) is 0.368. The number of piperidine rings is 1. The predicted octanol–water partition coefficient (Wildman–Crippen LogP) is 3.05. The van der Waals surface area contributed by atoms with Crippen molar-refractivity contribution in [2.75, 3.05) is 45.4 Å². The molecule has 1 fully saturated rings. The van der Waals surface area contributed by atoms with Gasteiger partial charge in [0.2, 0.25) is 0 Å². The van der Waals surface area contributed by atoms with Crippen molar-refractivity contribution in [3.05, 3.63) is 32.0 Å². The minimum absolute atomic E-state index is 0.000526. The first-order valence-electron chi connectivity index (χ1n) is 11.7. The van der Waals surface area contributed by atoms with E-state index in [2.05, 4.69) is 20.6 Å². The van der Waals surface area contributed by atoms with Crippen LogP contribution < -0.4 is 15.5 Å². The summed E-state index contributed by atoms with van der Waals surface area (Å²) in [6.45, 7) is 6.56. The van der Waals surface area contributed by atoms with Crippen LogP contribution in [0.3, 0.4) is 0 Å². The fourth-order valence-electron chi connectivity index (χ4n) is 3.98. The van der Waals surface area contributed by atoms with Gasteiger partial charge in [-0.25, -0.2) is 9.78 Å². The molecule has 2 aromatic rings. The summed E-state index contributed by atoms with van der Waals surface area (Å²) < 4.78 is 15.9. The maximum Gasteiger partial charge on any atom is 0.350 e. The number of anilines is 1. The number of carbonyl (C=O) groups is 3. The number of aryl methyl sites for hydroxylation is 1. The Labute approximate surface area is 229 Å². The van der Waals surface area contributed by atoms with Gasteiger partial charge in [-0.2, -0.15) is 0 Å². The Morgan fingerprint density at radius 1 is 1.24 bits per heavy atom. The zero-order valence-corrected chi connectivity index (χ0v) is 23.6. The molecule has 0 aromatic carbocycles. The van der Waals surface area contributed by atoms with Gasteiger partial charge in [-0.15, -0.1) is 0 Å². The lowest BCUT2D eigenvalue weighted by molar-refractivity contribution is 0.0527. The monoisotopic (exact) mass is 575 g/mol. The van der Waals surface area contributed by atoms with E-state index in [0.29, 0.717) is 42.0 Å². The number of nitrogens with zero attached hydrogens (tertiary/aromatic N) is 2. The number of carbonyl (C=O) groups excluding carboxylic acids is 3. The number of thiazole rings is 1. The molecule has 3 N–H and O–H groups in total. The van der Waals surface area contributed by atoms with E-state index in [9.17, 15) is 14.4 Å². The van der Waals surface area contributed by atoms with Gasteiger partial charge in [-0.3, -0.25) is 9.59 Å². The summed E-state index contributed by atoms with van der Waals surface area (Å²) in [5.74, 6) is -1.49. The highest BCUT2D eigenvalue weighted by atomic mass is 35.5. The van der Waals surface area contributed by atoms with Crippen LogP contribution in [0.25, 0.3) is 0 Å². The molecule has 0 saturated carbocycles. The number of amides is 2. The van der Waals surface area contributed by atoms with Crippen LogP contribution in [0.15, 0.2) is 0 Å². The van der Waals surface area contributed by atoms with Crippen LogP contribution in [0.1, 0.15) is 56.6 Å². The van der Waals surface area contributed by atoms with Gasteiger partial charge in [0.15, 0.2) is 10.8 Å². The van der Waals surface area contributed by atoms with Crippen molar-refractivity contribution in [2.45, 2.75) is 45.4 Å². The van der Waals surface area contributed by atoms with Gasteiger partial charge < -0.3 is 34.7 Å². The number of hydrogen-bond acceptors (Lipinski definition) is 9. The number of hydrogen-bond donors (Lipinski definition) is 3. The molecule has 0 unspecified atom stereocenters. The van der Waals surface area contributed by atoms with Gasteiger partial charge in [0, 0.05) is 39.0 Å². The molecule has 3 heterocycles. The molecular weight excluding hydrogens is 545 g/mol. The lowest BCUT2D eigenvalue weighted by atomic mass is 10.0. The van der Waals surface area contributed by atoms with E-state index < -0.39 is 18.0 Å². The van der Waals surface area contributed by atoms with Crippen molar-refractivity contribution >= 4 is 57.5 Å². The van der Waals surface area contributed by atoms with E-state index in [4.69, 9.17) is 37.4 Å². The molecular formula is C23H31Cl2N5O6S. The number of methoxy groups -OCH3 is 2. The Bertz CT molecular complexity index is 1140. The van der Waals surface area contributed by atoms with Crippen molar-refractivity contribution in [1.29, 1.82) is 0 Å². The average Bonchev–Trinajstić information content (AvgIpc) is 3.42. The first kappa shape index (κ1) is 29.2. The summed E-state index contributed by atoms with van der Waals surface area (Å²) in [6.07, 6.45) is 0.132. The summed E-state index contributed by atoms with van der Waals surface area (Å²) >= 11 is 13.4. The van der Waals surface area contributed by atoms with E-state index in [1.54, 1.807) is 27.9 Å². The van der Waals surface area contributed by atoms with E-state index in [-0.39, 0.29) is 45.9 Å². The van der Waals surface area contributed by atoms with Crippen LogP contribution in [-0.4, -0.2) is 86.5 Å². The topological polar surface area (TPSA) is 135 Å². The van der Waals surface area contributed by atoms with E-state index in [0.717, 1.165) is 11.3 Å². The zero-order chi connectivity index (χ0) is 27.3. The van der Waals surface area contributed by atoms with E-state index in [1.165, 1.54) is 7.11 Å². The molecule has 3 atom stereocenters. The molecule has 2 aromatic heterocycles. The third-order valence-corrected chi connectivity index (χ3v) is 7.86. The molecule has 37 heavy (non-hydrogen) atoms. The minimum Gasteiger partial charge on any atom is -0.462 e. The van der Waals surface area contributed by atoms with Crippen molar-refractivity contribution in [1.82, 2.24) is 20.6 Å². The lowest BCUT2D eigenvalue weighted by Gasteiger charge is -2.37. The maximum absolute atomic E-state index is 12.9. The number of ether oxygens (including phenoxy) is 3. The molecule has 0 radical (unpaired) electrons. The second kappa shape index (κ2) is 12.9. The number of rotatable bonds is 10. The van der Waals surface area contributed by atoms with Crippen molar-refractivity contribution in [2.24, 2.45) is 0 Å². The van der Waals surface area contributed by atoms with Crippen LogP contribution in [0.5, 0.6) is 0 Å². The smallest absolute Gasteiger partial charge is 0.350 e. The van der Waals surface area contributed by atoms with Gasteiger partial charge in [0.1, 0.15) is 10.6 Å². The van der Waals surface area contributed by atoms with Gasteiger partial charge >= 0.3 is 5.97 Å². The normalized spacial score (nSPS) is 18.4. The van der Waals surface area contributed by atoms with Crippen LogP contribution in [-0.2, 0) is 14.2 Å². The van der Waals surface area contributed by atoms with Crippen molar-refractivity contribution in [3.63, 3.8) is 0 Å². The lowest BCUT2D eigenvalue weighted by Crippen LogP contribution is -2.55. The number of esters is 1. The third-order valence-electron chi connectivity index (χ3n) is 5.82. The molecule has 11 nitrogen and oxygen atoms in total. The molecule has 3 rings (SSSR count). The van der Waals surface area contributed by atoms with Crippen molar-refractivity contribution in [3.8, 4) is 0 Å². The van der Waals surface area contributed by atoms with Gasteiger partial charge in [0.25, 0.3) is 11.8 Å². The minimum atomic E-state index is -0.613. The molecule has 0 aliphatic carbocycles. The molecule has 204 valence electrons. The number of H-pyrrole nitrogens is 1. The highest BCUT2D eigenvalue weighted by molar-refractivity contribution is 7.17. The SMILES string of the molecule is CCOC(=O)c1sc(N2CC[C@@H](NC(=O)c3[nH]c(C)c(Cl)c3Cl)[C@@H](OC)C2)nc1C(=O)N[C@@H](C)COC. The largest absolute Gasteiger partial charge is 0.462 e. The summed E-state index contributed by atoms with van der Waals surface area (Å²) in [4.78, 5) is 47.8. The second-order valence-corrected chi connectivity index (χ2v) is 10.3. The van der Waals surface area contributed by atoms with E-state index >= 15 is 0 Å². The van der Waals surface area contributed by atoms with Crippen LogP contribution in [0, 0.1) is 6.92 Å². The third kappa shape index (κ3) is 6.74. The number of halogens is 2. The molecule has 1 aliphatic heterocycles. The number of aromatic nitrogens is 2. The Balaban J connectivity index is 1.77.